The van der Waals surface area contributed by atoms with Crippen molar-refractivity contribution in [1.29, 1.82) is 0 Å². The Morgan fingerprint density at radius 1 is 1.11 bits per heavy atom. The first-order valence-corrected chi connectivity index (χ1v) is 2.67. The molecular weight excluding hydrogens is 109 g/mol. The molecule has 0 aromatic heterocycles. The standard InChI is InChI=1S/C7H9N.B/c8-6-7-4-2-1-3-5-7;/h1-5H,6,8H2;. The Morgan fingerprint density at radius 2 is 1.67 bits per heavy atom. The fraction of sp³-hybridized carbons (Fsp3) is 0.143. The minimum Gasteiger partial charge on any atom is -0.326 e. The first-order valence-electron chi connectivity index (χ1n) is 2.67. The normalized spacial score (nSPS) is 8.11. The van der Waals surface area contributed by atoms with Gasteiger partial charge in [0.1, 0.15) is 0 Å². The smallest absolute Gasteiger partial charge is 0.0178 e. The van der Waals surface area contributed by atoms with E-state index < -0.39 is 0 Å². The van der Waals surface area contributed by atoms with Crippen LogP contribution in [0.4, 0.5) is 0 Å². The van der Waals surface area contributed by atoms with E-state index in [4.69, 9.17) is 5.73 Å². The molecule has 0 aliphatic rings. The summed E-state index contributed by atoms with van der Waals surface area (Å²) in [5.41, 5.74) is 6.54. The van der Waals surface area contributed by atoms with Crippen LogP contribution in [0.5, 0.6) is 0 Å². The van der Waals surface area contributed by atoms with Gasteiger partial charge in [0.15, 0.2) is 0 Å². The fourth-order valence-electron chi connectivity index (χ4n) is 0.614. The lowest BCUT2D eigenvalue weighted by molar-refractivity contribution is 1.07. The van der Waals surface area contributed by atoms with E-state index in [-0.39, 0.29) is 8.41 Å². The molecule has 0 unspecified atom stereocenters. The molecular formula is C7H9BN. The van der Waals surface area contributed by atoms with E-state index in [1.807, 2.05) is 30.3 Å². The van der Waals surface area contributed by atoms with Crippen LogP contribution in [0.15, 0.2) is 30.3 Å². The molecule has 0 saturated heterocycles. The number of benzene rings is 1. The molecule has 0 fully saturated rings. The van der Waals surface area contributed by atoms with Gasteiger partial charge in [-0.25, -0.2) is 0 Å². The third kappa shape index (κ3) is 2.33. The summed E-state index contributed by atoms with van der Waals surface area (Å²) in [5.74, 6) is 0. The van der Waals surface area contributed by atoms with E-state index in [9.17, 15) is 0 Å². The molecule has 1 aromatic carbocycles. The van der Waals surface area contributed by atoms with Crippen LogP contribution in [0, 0.1) is 0 Å². The number of hydrogen-bond acceptors (Lipinski definition) is 1. The lowest BCUT2D eigenvalue weighted by atomic mass is 10.2. The Bertz CT molecular complexity index is 150. The quantitative estimate of drug-likeness (QED) is 0.541. The molecule has 45 valence electrons. The van der Waals surface area contributed by atoms with E-state index >= 15 is 0 Å². The van der Waals surface area contributed by atoms with Crippen LogP contribution in [0.2, 0.25) is 0 Å². The predicted molar refractivity (Wildman–Crippen MR) is 40.1 cm³/mol. The number of rotatable bonds is 1. The molecule has 0 amide bonds. The highest BCUT2D eigenvalue weighted by molar-refractivity contribution is 5.75. The molecule has 2 heteroatoms. The summed E-state index contributed by atoms with van der Waals surface area (Å²) >= 11 is 0. The maximum Gasteiger partial charge on any atom is 0.0178 e. The molecule has 1 aromatic rings. The SMILES string of the molecule is NCc1ccccc1.[B]. The summed E-state index contributed by atoms with van der Waals surface area (Å²) in [6, 6.07) is 9.99. The molecule has 0 heterocycles. The second-order valence-corrected chi connectivity index (χ2v) is 1.69. The van der Waals surface area contributed by atoms with Crippen molar-refractivity contribution >= 4 is 8.41 Å². The number of nitrogens with two attached hydrogens (primary N) is 1. The first-order chi connectivity index (χ1) is 3.93. The molecule has 9 heavy (non-hydrogen) atoms. The molecule has 0 aliphatic carbocycles. The zero-order valence-corrected chi connectivity index (χ0v) is 5.25. The van der Waals surface area contributed by atoms with Crippen molar-refractivity contribution in [3.63, 3.8) is 0 Å². The molecule has 2 N–H and O–H groups in total. The van der Waals surface area contributed by atoms with Crippen molar-refractivity contribution in [2.45, 2.75) is 6.54 Å². The van der Waals surface area contributed by atoms with Crippen LogP contribution in [-0.4, -0.2) is 8.41 Å². The van der Waals surface area contributed by atoms with Crippen molar-refractivity contribution in [1.82, 2.24) is 0 Å². The summed E-state index contributed by atoms with van der Waals surface area (Å²) in [4.78, 5) is 0. The van der Waals surface area contributed by atoms with Crippen LogP contribution in [0.25, 0.3) is 0 Å². The monoisotopic (exact) mass is 118 g/mol. The topological polar surface area (TPSA) is 26.0 Å². The van der Waals surface area contributed by atoms with Gasteiger partial charge < -0.3 is 5.73 Å². The average Bonchev–Trinajstić information content (AvgIpc) is 1.90. The third-order valence-corrected chi connectivity index (χ3v) is 1.08. The Kier molecular flexibility index (Phi) is 3.81. The van der Waals surface area contributed by atoms with E-state index in [1.54, 1.807) is 0 Å². The van der Waals surface area contributed by atoms with Crippen molar-refractivity contribution in [2.75, 3.05) is 0 Å². The van der Waals surface area contributed by atoms with Gasteiger partial charge in [0, 0.05) is 15.0 Å². The van der Waals surface area contributed by atoms with Crippen LogP contribution in [0.3, 0.4) is 0 Å². The van der Waals surface area contributed by atoms with Gasteiger partial charge >= 0.3 is 0 Å². The largest absolute Gasteiger partial charge is 0.326 e. The summed E-state index contributed by atoms with van der Waals surface area (Å²) in [6.45, 7) is 0.640. The summed E-state index contributed by atoms with van der Waals surface area (Å²) in [5, 5.41) is 0. The Morgan fingerprint density at radius 3 is 2.00 bits per heavy atom. The zero-order chi connectivity index (χ0) is 5.82. The Balaban J connectivity index is 0.000000640. The van der Waals surface area contributed by atoms with E-state index in [0.29, 0.717) is 6.54 Å². The van der Waals surface area contributed by atoms with Gasteiger partial charge in [-0.15, -0.1) is 0 Å². The van der Waals surface area contributed by atoms with Crippen molar-refractivity contribution in [3.05, 3.63) is 35.9 Å². The molecule has 0 bridgehead atoms. The lowest BCUT2D eigenvalue weighted by Crippen LogP contribution is -1.94. The lowest BCUT2D eigenvalue weighted by Gasteiger charge is -1.90. The maximum absolute atomic E-state index is 5.35. The highest BCUT2D eigenvalue weighted by atomic mass is 14.5. The second kappa shape index (κ2) is 4.16. The van der Waals surface area contributed by atoms with Gasteiger partial charge in [0.25, 0.3) is 0 Å². The van der Waals surface area contributed by atoms with E-state index in [1.165, 1.54) is 5.56 Å². The van der Waals surface area contributed by atoms with Crippen molar-refractivity contribution in [2.24, 2.45) is 5.73 Å². The van der Waals surface area contributed by atoms with Crippen LogP contribution in [0.1, 0.15) is 5.56 Å². The van der Waals surface area contributed by atoms with Gasteiger partial charge in [0.2, 0.25) is 0 Å². The molecule has 1 rings (SSSR count). The van der Waals surface area contributed by atoms with E-state index in [2.05, 4.69) is 0 Å². The van der Waals surface area contributed by atoms with E-state index in [0.717, 1.165) is 0 Å². The zero-order valence-electron chi connectivity index (χ0n) is 5.25. The summed E-state index contributed by atoms with van der Waals surface area (Å²) in [7, 11) is 0. The highest BCUT2D eigenvalue weighted by Gasteiger charge is 1.80. The highest BCUT2D eigenvalue weighted by Crippen LogP contribution is 1.94. The molecule has 0 atom stereocenters. The molecule has 0 saturated carbocycles. The van der Waals surface area contributed by atoms with Crippen molar-refractivity contribution in [3.8, 4) is 0 Å². The molecule has 0 spiro atoms. The first kappa shape index (κ1) is 8.24. The maximum atomic E-state index is 5.35. The minimum absolute atomic E-state index is 0. The summed E-state index contributed by atoms with van der Waals surface area (Å²) < 4.78 is 0. The molecule has 3 radical (unpaired) electrons. The second-order valence-electron chi connectivity index (χ2n) is 1.69. The summed E-state index contributed by atoms with van der Waals surface area (Å²) in [6.07, 6.45) is 0. The number of hydrogen-bond donors (Lipinski definition) is 1. The van der Waals surface area contributed by atoms with Crippen LogP contribution in [-0.2, 0) is 6.54 Å². The van der Waals surface area contributed by atoms with Crippen molar-refractivity contribution < 1.29 is 0 Å². The Labute approximate surface area is 57.5 Å². The van der Waals surface area contributed by atoms with Crippen LogP contribution >= 0.6 is 0 Å². The van der Waals surface area contributed by atoms with Gasteiger partial charge in [-0.1, -0.05) is 30.3 Å². The van der Waals surface area contributed by atoms with Gasteiger partial charge in [-0.3, -0.25) is 0 Å². The molecule has 1 nitrogen and oxygen atoms in total. The van der Waals surface area contributed by atoms with Gasteiger partial charge in [0.05, 0.1) is 0 Å². The molecule has 0 aliphatic heterocycles. The van der Waals surface area contributed by atoms with Gasteiger partial charge in [-0.2, -0.15) is 0 Å². The predicted octanol–water partition coefficient (Wildman–Crippen LogP) is 0.765. The fourth-order valence-corrected chi connectivity index (χ4v) is 0.614. The minimum atomic E-state index is 0. The Hall–Kier alpha value is -0.755. The third-order valence-electron chi connectivity index (χ3n) is 1.08. The van der Waals surface area contributed by atoms with Crippen LogP contribution < -0.4 is 5.73 Å². The average molecular weight is 118 g/mol. The van der Waals surface area contributed by atoms with Gasteiger partial charge in [-0.05, 0) is 5.56 Å².